The molecule has 2 aromatic heterocycles. The van der Waals surface area contributed by atoms with E-state index in [0.29, 0.717) is 29.5 Å². The average Bonchev–Trinajstić information content (AvgIpc) is 3.12. The van der Waals surface area contributed by atoms with E-state index in [0.717, 1.165) is 5.56 Å². The predicted molar refractivity (Wildman–Crippen MR) is 93.6 cm³/mol. The number of halogens is 2. The number of ether oxygens (including phenoxy) is 2. The molecule has 0 radical (unpaired) electrons. The molecule has 2 aromatic carbocycles. The van der Waals surface area contributed by atoms with E-state index in [1.165, 1.54) is 12.1 Å². The number of nitrogens with zero attached hydrogens (tertiary/aromatic N) is 4. The summed E-state index contributed by atoms with van der Waals surface area (Å²) < 4.78 is 36.6. The van der Waals surface area contributed by atoms with Crippen molar-refractivity contribution in [3.05, 3.63) is 72.6 Å². The molecule has 136 valence electrons. The highest BCUT2D eigenvalue weighted by molar-refractivity contribution is 5.61. The highest BCUT2D eigenvalue weighted by atomic mass is 19.3. The minimum Gasteiger partial charge on any atom is -0.473 e. The number of rotatable bonds is 6. The molecule has 0 spiro atoms. The van der Waals surface area contributed by atoms with Gasteiger partial charge in [0.15, 0.2) is 11.5 Å². The zero-order chi connectivity index (χ0) is 18.6. The normalized spacial score (nSPS) is 11.1. The molecule has 0 bridgehead atoms. The standard InChI is InChI=1S/C19H14F2N4O2/c20-19(21)27-15-8-6-14(7-9-15)18-24-23-16-10-22-11-17(25(16)18)26-12-13-4-2-1-3-5-13/h1-11,19H,12H2. The number of benzene rings is 2. The molecular weight excluding hydrogens is 354 g/mol. The van der Waals surface area contributed by atoms with Crippen LogP contribution in [-0.4, -0.2) is 26.2 Å². The molecule has 0 saturated heterocycles. The minimum absolute atomic E-state index is 0.0739. The molecule has 0 fully saturated rings. The van der Waals surface area contributed by atoms with Gasteiger partial charge in [0.1, 0.15) is 12.4 Å². The SMILES string of the molecule is FC(F)Oc1ccc(-c2nnc3cncc(OCc4ccccc4)n23)cc1. The first kappa shape index (κ1) is 16.9. The summed E-state index contributed by atoms with van der Waals surface area (Å²) >= 11 is 0. The summed E-state index contributed by atoms with van der Waals surface area (Å²) in [7, 11) is 0. The molecule has 2 heterocycles. The predicted octanol–water partition coefficient (Wildman–Crippen LogP) is 3.97. The van der Waals surface area contributed by atoms with Gasteiger partial charge < -0.3 is 9.47 Å². The van der Waals surface area contributed by atoms with Gasteiger partial charge in [-0.3, -0.25) is 4.98 Å². The zero-order valence-electron chi connectivity index (χ0n) is 14.0. The van der Waals surface area contributed by atoms with Gasteiger partial charge in [-0.15, -0.1) is 10.2 Å². The molecule has 0 unspecified atom stereocenters. The smallest absolute Gasteiger partial charge is 0.387 e. The van der Waals surface area contributed by atoms with Crippen LogP contribution in [0, 0.1) is 0 Å². The molecule has 4 rings (SSSR count). The summed E-state index contributed by atoms with van der Waals surface area (Å²) in [6.07, 6.45) is 3.15. The van der Waals surface area contributed by atoms with E-state index >= 15 is 0 Å². The van der Waals surface area contributed by atoms with Crippen molar-refractivity contribution in [2.24, 2.45) is 0 Å². The molecule has 0 saturated carbocycles. The molecule has 4 aromatic rings. The Balaban J connectivity index is 1.65. The fourth-order valence-electron chi connectivity index (χ4n) is 2.63. The Labute approximate surface area is 153 Å². The second-order valence-corrected chi connectivity index (χ2v) is 5.64. The van der Waals surface area contributed by atoms with Gasteiger partial charge in [-0.05, 0) is 29.8 Å². The molecule has 0 aliphatic rings. The monoisotopic (exact) mass is 368 g/mol. The van der Waals surface area contributed by atoms with E-state index in [1.54, 1.807) is 28.9 Å². The largest absolute Gasteiger partial charge is 0.473 e. The van der Waals surface area contributed by atoms with Crippen LogP contribution in [0.3, 0.4) is 0 Å². The van der Waals surface area contributed by atoms with Gasteiger partial charge in [0, 0.05) is 5.56 Å². The van der Waals surface area contributed by atoms with Crippen molar-refractivity contribution >= 4 is 5.65 Å². The molecule has 0 aliphatic carbocycles. The summed E-state index contributed by atoms with van der Waals surface area (Å²) in [5.74, 6) is 1.06. The zero-order valence-corrected chi connectivity index (χ0v) is 14.0. The lowest BCUT2D eigenvalue weighted by atomic mass is 10.2. The maximum Gasteiger partial charge on any atom is 0.387 e. The lowest BCUT2D eigenvalue weighted by Crippen LogP contribution is -2.03. The summed E-state index contributed by atoms with van der Waals surface area (Å²) in [5.41, 5.74) is 2.21. The molecule has 0 aliphatic heterocycles. The van der Waals surface area contributed by atoms with Crippen molar-refractivity contribution in [3.63, 3.8) is 0 Å². The van der Waals surface area contributed by atoms with Gasteiger partial charge in [-0.2, -0.15) is 8.78 Å². The van der Waals surface area contributed by atoms with Crippen molar-refractivity contribution in [3.8, 4) is 23.0 Å². The lowest BCUT2D eigenvalue weighted by molar-refractivity contribution is -0.0498. The number of hydrogen-bond acceptors (Lipinski definition) is 5. The van der Waals surface area contributed by atoms with Crippen LogP contribution in [-0.2, 0) is 6.61 Å². The quantitative estimate of drug-likeness (QED) is 0.515. The maximum absolute atomic E-state index is 12.3. The first-order chi connectivity index (χ1) is 13.2. The van der Waals surface area contributed by atoms with E-state index in [-0.39, 0.29) is 5.75 Å². The van der Waals surface area contributed by atoms with Gasteiger partial charge in [0.05, 0.1) is 12.4 Å². The van der Waals surface area contributed by atoms with Crippen molar-refractivity contribution in [1.29, 1.82) is 0 Å². The fourth-order valence-corrected chi connectivity index (χ4v) is 2.63. The van der Waals surface area contributed by atoms with E-state index in [4.69, 9.17) is 4.74 Å². The lowest BCUT2D eigenvalue weighted by Gasteiger charge is -2.10. The van der Waals surface area contributed by atoms with Gasteiger partial charge in [-0.1, -0.05) is 30.3 Å². The number of fused-ring (bicyclic) bond motifs is 1. The van der Waals surface area contributed by atoms with E-state index in [9.17, 15) is 8.78 Å². The van der Waals surface area contributed by atoms with Crippen LogP contribution in [0.1, 0.15) is 5.56 Å². The third kappa shape index (κ3) is 3.69. The van der Waals surface area contributed by atoms with Gasteiger partial charge in [-0.25, -0.2) is 4.40 Å². The Morgan fingerprint density at radius 3 is 2.44 bits per heavy atom. The summed E-state index contributed by atoms with van der Waals surface area (Å²) in [6, 6.07) is 15.9. The third-order valence-electron chi connectivity index (χ3n) is 3.85. The van der Waals surface area contributed by atoms with E-state index in [1.807, 2.05) is 30.3 Å². The Hall–Kier alpha value is -3.55. The van der Waals surface area contributed by atoms with Crippen LogP contribution in [0.5, 0.6) is 11.6 Å². The number of hydrogen-bond donors (Lipinski definition) is 0. The van der Waals surface area contributed by atoms with Crippen LogP contribution >= 0.6 is 0 Å². The Morgan fingerprint density at radius 2 is 1.70 bits per heavy atom. The van der Waals surface area contributed by atoms with Crippen LogP contribution in [0.4, 0.5) is 8.78 Å². The highest BCUT2D eigenvalue weighted by Crippen LogP contribution is 2.25. The van der Waals surface area contributed by atoms with Crippen molar-refractivity contribution in [2.75, 3.05) is 0 Å². The molecule has 6 nitrogen and oxygen atoms in total. The van der Waals surface area contributed by atoms with Crippen LogP contribution in [0.2, 0.25) is 0 Å². The first-order valence-electron chi connectivity index (χ1n) is 8.12. The second-order valence-electron chi connectivity index (χ2n) is 5.64. The molecule has 0 atom stereocenters. The molecule has 0 N–H and O–H groups in total. The van der Waals surface area contributed by atoms with Crippen LogP contribution in [0.25, 0.3) is 17.0 Å². The summed E-state index contributed by atoms with van der Waals surface area (Å²) in [5, 5.41) is 8.28. The topological polar surface area (TPSA) is 61.5 Å². The van der Waals surface area contributed by atoms with Crippen LogP contribution < -0.4 is 9.47 Å². The first-order valence-corrected chi connectivity index (χ1v) is 8.12. The van der Waals surface area contributed by atoms with Crippen molar-refractivity contribution in [1.82, 2.24) is 19.6 Å². The maximum atomic E-state index is 12.3. The summed E-state index contributed by atoms with van der Waals surface area (Å²) in [4.78, 5) is 4.13. The molecule has 8 heteroatoms. The summed E-state index contributed by atoms with van der Waals surface area (Å²) in [6.45, 7) is -2.51. The Kier molecular flexibility index (Phi) is 4.61. The van der Waals surface area contributed by atoms with E-state index < -0.39 is 6.61 Å². The molecular formula is C19H14F2N4O2. The Morgan fingerprint density at radius 1 is 0.926 bits per heavy atom. The second kappa shape index (κ2) is 7.36. The van der Waals surface area contributed by atoms with Gasteiger partial charge in [0.25, 0.3) is 0 Å². The molecule has 27 heavy (non-hydrogen) atoms. The number of alkyl halides is 2. The van der Waals surface area contributed by atoms with Gasteiger partial charge in [0.2, 0.25) is 5.88 Å². The molecule has 0 amide bonds. The van der Waals surface area contributed by atoms with Crippen molar-refractivity contribution < 1.29 is 18.3 Å². The van der Waals surface area contributed by atoms with Crippen LogP contribution in [0.15, 0.2) is 67.0 Å². The third-order valence-corrected chi connectivity index (χ3v) is 3.85. The van der Waals surface area contributed by atoms with E-state index in [2.05, 4.69) is 19.9 Å². The van der Waals surface area contributed by atoms with Gasteiger partial charge >= 0.3 is 6.61 Å². The van der Waals surface area contributed by atoms with Crippen molar-refractivity contribution in [2.45, 2.75) is 13.2 Å². The number of aromatic nitrogens is 4. The Bertz CT molecular complexity index is 1040. The fraction of sp³-hybridized carbons (Fsp3) is 0.105. The highest BCUT2D eigenvalue weighted by Gasteiger charge is 2.14. The minimum atomic E-state index is -2.87. The average molecular weight is 368 g/mol.